The predicted molar refractivity (Wildman–Crippen MR) is 143 cm³/mol. The third-order valence-corrected chi connectivity index (χ3v) is 6.54. The highest BCUT2D eigenvalue weighted by molar-refractivity contribution is 6.31. The smallest absolute Gasteiger partial charge is 0.337 e. The van der Waals surface area contributed by atoms with E-state index < -0.39 is 5.97 Å². The number of carbonyl (C=O) groups is 3. The fourth-order valence-electron chi connectivity index (χ4n) is 4.11. The third kappa shape index (κ3) is 6.40. The van der Waals surface area contributed by atoms with Crippen molar-refractivity contribution in [3.8, 4) is 5.75 Å². The van der Waals surface area contributed by atoms with Crippen molar-refractivity contribution in [1.29, 1.82) is 0 Å². The van der Waals surface area contributed by atoms with Crippen LogP contribution in [0.4, 0.5) is 11.4 Å². The molecule has 1 fully saturated rings. The van der Waals surface area contributed by atoms with Gasteiger partial charge in [0.05, 0.1) is 24.0 Å². The van der Waals surface area contributed by atoms with Crippen molar-refractivity contribution >= 4 is 40.8 Å². The first-order valence-corrected chi connectivity index (χ1v) is 12.2. The van der Waals surface area contributed by atoms with Crippen LogP contribution in [0.2, 0.25) is 5.02 Å². The molecule has 0 unspecified atom stereocenters. The lowest BCUT2D eigenvalue weighted by molar-refractivity contribution is -0.118. The first kappa shape index (κ1) is 26.0. The fraction of sp³-hybridized carbons (Fsp3) is 0.250. The molecule has 0 radical (unpaired) electrons. The van der Waals surface area contributed by atoms with Crippen LogP contribution in [-0.2, 0) is 9.53 Å². The average Bonchev–Trinajstić information content (AvgIpc) is 2.93. The number of hydrogen-bond acceptors (Lipinski definition) is 6. The van der Waals surface area contributed by atoms with Crippen LogP contribution in [0.3, 0.4) is 0 Å². The van der Waals surface area contributed by atoms with Crippen molar-refractivity contribution in [2.75, 3.05) is 50.1 Å². The van der Waals surface area contributed by atoms with E-state index in [9.17, 15) is 14.4 Å². The molecule has 1 heterocycles. The second-order valence-electron chi connectivity index (χ2n) is 8.62. The molecule has 0 bridgehead atoms. The summed E-state index contributed by atoms with van der Waals surface area (Å²) in [6.45, 7) is 3.83. The number of amides is 2. The number of benzene rings is 3. The second kappa shape index (κ2) is 11.8. The quantitative estimate of drug-likeness (QED) is 0.463. The predicted octanol–water partition coefficient (Wildman–Crippen LogP) is 4.41. The topological polar surface area (TPSA) is 88.2 Å². The summed E-state index contributed by atoms with van der Waals surface area (Å²) < 4.78 is 10.5. The summed E-state index contributed by atoms with van der Waals surface area (Å²) in [7, 11) is 1.30. The lowest BCUT2D eigenvalue weighted by Crippen LogP contribution is -2.49. The number of aryl methyl sites for hydroxylation is 1. The van der Waals surface area contributed by atoms with E-state index in [0.717, 1.165) is 11.3 Å². The van der Waals surface area contributed by atoms with Gasteiger partial charge in [-0.3, -0.25) is 9.59 Å². The van der Waals surface area contributed by atoms with Crippen molar-refractivity contribution in [2.24, 2.45) is 0 Å². The average molecular weight is 522 g/mol. The summed E-state index contributed by atoms with van der Waals surface area (Å²) in [5, 5.41) is 3.48. The summed E-state index contributed by atoms with van der Waals surface area (Å²) in [5.41, 5.74) is 3.02. The Morgan fingerprint density at radius 2 is 1.65 bits per heavy atom. The lowest BCUT2D eigenvalue weighted by atomic mass is 10.1. The van der Waals surface area contributed by atoms with Crippen molar-refractivity contribution in [2.45, 2.75) is 6.92 Å². The number of anilines is 2. The van der Waals surface area contributed by atoms with Crippen molar-refractivity contribution in [1.82, 2.24) is 4.90 Å². The van der Waals surface area contributed by atoms with E-state index in [1.54, 1.807) is 48.5 Å². The van der Waals surface area contributed by atoms with Crippen LogP contribution < -0.4 is 15.0 Å². The van der Waals surface area contributed by atoms with Gasteiger partial charge in [0, 0.05) is 36.8 Å². The van der Waals surface area contributed by atoms with Gasteiger partial charge in [0.25, 0.3) is 11.8 Å². The molecule has 9 heteroatoms. The highest BCUT2D eigenvalue weighted by Gasteiger charge is 2.24. The number of piperazine rings is 1. The molecule has 1 aliphatic heterocycles. The van der Waals surface area contributed by atoms with Crippen LogP contribution in [-0.4, -0.2) is 62.6 Å². The Labute approximate surface area is 220 Å². The molecule has 4 rings (SSSR count). The van der Waals surface area contributed by atoms with Gasteiger partial charge in [0.1, 0.15) is 5.75 Å². The van der Waals surface area contributed by atoms with Gasteiger partial charge in [-0.2, -0.15) is 0 Å². The van der Waals surface area contributed by atoms with Crippen LogP contribution >= 0.6 is 11.6 Å². The van der Waals surface area contributed by atoms with Gasteiger partial charge >= 0.3 is 5.97 Å². The molecule has 2 amide bonds. The van der Waals surface area contributed by atoms with Crippen LogP contribution in [0.1, 0.15) is 26.3 Å². The molecule has 37 heavy (non-hydrogen) atoms. The monoisotopic (exact) mass is 521 g/mol. The van der Waals surface area contributed by atoms with Gasteiger partial charge < -0.3 is 24.6 Å². The van der Waals surface area contributed by atoms with Crippen LogP contribution in [0.25, 0.3) is 0 Å². The maximum Gasteiger partial charge on any atom is 0.337 e. The van der Waals surface area contributed by atoms with E-state index in [0.29, 0.717) is 53.8 Å². The largest absolute Gasteiger partial charge is 0.484 e. The Bertz CT molecular complexity index is 1290. The van der Waals surface area contributed by atoms with Gasteiger partial charge in [-0.1, -0.05) is 29.8 Å². The first-order chi connectivity index (χ1) is 17.9. The highest BCUT2D eigenvalue weighted by Crippen LogP contribution is 2.29. The summed E-state index contributed by atoms with van der Waals surface area (Å²) in [6.07, 6.45) is 0. The summed E-state index contributed by atoms with van der Waals surface area (Å²) in [6, 6.07) is 19.4. The molecule has 3 aromatic carbocycles. The summed E-state index contributed by atoms with van der Waals surface area (Å²) >= 11 is 6.05. The van der Waals surface area contributed by atoms with Crippen molar-refractivity contribution in [3.05, 3.63) is 88.4 Å². The van der Waals surface area contributed by atoms with Crippen molar-refractivity contribution < 1.29 is 23.9 Å². The highest BCUT2D eigenvalue weighted by atomic mass is 35.5. The minimum Gasteiger partial charge on any atom is -0.484 e. The van der Waals surface area contributed by atoms with E-state index in [1.807, 2.05) is 30.0 Å². The molecule has 1 saturated heterocycles. The second-order valence-corrected chi connectivity index (χ2v) is 9.02. The zero-order valence-corrected chi connectivity index (χ0v) is 21.5. The SMILES string of the molecule is COC(=O)c1ccc(N2CCN(C(=O)c3ccccc3)CC2)c(NC(=O)COc2ccc(Cl)c(C)c2)c1. The van der Waals surface area contributed by atoms with E-state index in [4.69, 9.17) is 21.1 Å². The number of esters is 1. The number of carbonyl (C=O) groups excluding carboxylic acids is 3. The number of ether oxygens (including phenoxy) is 2. The first-order valence-electron chi connectivity index (χ1n) is 11.9. The van der Waals surface area contributed by atoms with E-state index in [1.165, 1.54) is 7.11 Å². The van der Waals surface area contributed by atoms with Gasteiger partial charge in [-0.25, -0.2) is 4.79 Å². The molecule has 8 nitrogen and oxygen atoms in total. The molecule has 0 spiro atoms. The minimum atomic E-state index is -0.506. The minimum absolute atomic E-state index is 0.00981. The third-order valence-electron chi connectivity index (χ3n) is 6.12. The molecule has 0 saturated carbocycles. The lowest BCUT2D eigenvalue weighted by Gasteiger charge is -2.37. The Balaban J connectivity index is 1.46. The van der Waals surface area contributed by atoms with Crippen LogP contribution in [0, 0.1) is 6.92 Å². The number of methoxy groups -OCH3 is 1. The zero-order chi connectivity index (χ0) is 26.4. The van der Waals surface area contributed by atoms with Gasteiger partial charge in [0.15, 0.2) is 6.61 Å². The van der Waals surface area contributed by atoms with Crippen LogP contribution in [0.5, 0.6) is 5.75 Å². The molecule has 3 aromatic rings. The fourth-order valence-corrected chi connectivity index (χ4v) is 4.23. The number of hydrogen-bond donors (Lipinski definition) is 1. The summed E-state index contributed by atoms with van der Waals surface area (Å²) in [4.78, 5) is 41.6. The number of rotatable bonds is 7. The standard InChI is InChI=1S/C28H28ClN3O5/c1-19-16-22(9-10-23(19)29)37-18-26(33)30-24-17-21(28(35)36-2)8-11-25(24)31-12-14-32(15-13-31)27(34)20-6-4-3-5-7-20/h3-11,16-17H,12-15,18H2,1-2H3,(H,30,33). The maximum atomic E-state index is 12.8. The molecular weight excluding hydrogens is 494 g/mol. The molecule has 1 N–H and O–H groups in total. The maximum absolute atomic E-state index is 12.8. The molecule has 0 aliphatic carbocycles. The van der Waals surface area contributed by atoms with Gasteiger partial charge in [-0.15, -0.1) is 0 Å². The number of halogens is 1. The van der Waals surface area contributed by atoms with E-state index in [-0.39, 0.29) is 18.4 Å². The Hall–Kier alpha value is -4.04. The Kier molecular flexibility index (Phi) is 8.30. The zero-order valence-electron chi connectivity index (χ0n) is 20.7. The Morgan fingerprint density at radius 3 is 2.32 bits per heavy atom. The van der Waals surface area contributed by atoms with E-state index >= 15 is 0 Å². The van der Waals surface area contributed by atoms with Gasteiger partial charge in [-0.05, 0) is 61.0 Å². The molecule has 0 aromatic heterocycles. The van der Waals surface area contributed by atoms with Crippen molar-refractivity contribution in [3.63, 3.8) is 0 Å². The number of nitrogens with zero attached hydrogens (tertiary/aromatic N) is 2. The molecule has 192 valence electrons. The molecular formula is C28H28ClN3O5. The van der Waals surface area contributed by atoms with Crippen LogP contribution in [0.15, 0.2) is 66.7 Å². The molecule has 1 aliphatic rings. The number of nitrogens with one attached hydrogen (secondary N) is 1. The van der Waals surface area contributed by atoms with Gasteiger partial charge in [0.2, 0.25) is 0 Å². The van der Waals surface area contributed by atoms with E-state index in [2.05, 4.69) is 10.2 Å². The molecule has 0 atom stereocenters. The summed E-state index contributed by atoms with van der Waals surface area (Å²) in [5.74, 6) is -0.369. The normalized spacial score (nSPS) is 13.2. The Morgan fingerprint density at radius 1 is 0.919 bits per heavy atom.